The summed E-state index contributed by atoms with van der Waals surface area (Å²) in [4.78, 5) is 2.48. The Morgan fingerprint density at radius 2 is 1.88 bits per heavy atom. The first kappa shape index (κ1) is 17.2. The molecule has 0 radical (unpaired) electrons. The Balaban J connectivity index is 1.67. The van der Waals surface area contributed by atoms with Crippen LogP contribution in [0.15, 0.2) is 48.5 Å². The van der Waals surface area contributed by atoms with E-state index in [4.69, 9.17) is 4.74 Å². The van der Waals surface area contributed by atoms with Gasteiger partial charge in [-0.1, -0.05) is 42.8 Å². The van der Waals surface area contributed by atoms with E-state index in [1.165, 1.54) is 24.8 Å². The van der Waals surface area contributed by atoms with Crippen LogP contribution in [0.2, 0.25) is 0 Å². The maximum atomic E-state index is 14.7. The summed E-state index contributed by atoms with van der Waals surface area (Å²) in [5.74, 6) is -1.00. The highest BCUT2D eigenvalue weighted by Crippen LogP contribution is 2.40. The molecule has 136 valence electrons. The second-order valence-electron chi connectivity index (χ2n) is 7.14. The number of fused-ring (bicyclic) bond motifs is 2. The lowest BCUT2D eigenvalue weighted by Gasteiger charge is -2.45. The Morgan fingerprint density at radius 3 is 2.62 bits per heavy atom. The fourth-order valence-electron chi connectivity index (χ4n) is 4.33. The number of piperidine rings is 1. The first-order valence-corrected chi connectivity index (χ1v) is 9.20. The SMILES string of the molecule is COc1ccc(F)c(C2=CC3CCCC(C2)N3Cc2ccccc2)c1F. The summed E-state index contributed by atoms with van der Waals surface area (Å²) in [5.41, 5.74) is 2.14. The number of hydrogen-bond donors (Lipinski definition) is 0. The van der Waals surface area contributed by atoms with Gasteiger partial charge < -0.3 is 4.74 Å². The second kappa shape index (κ2) is 7.20. The van der Waals surface area contributed by atoms with Gasteiger partial charge in [0.25, 0.3) is 0 Å². The van der Waals surface area contributed by atoms with Crippen molar-refractivity contribution in [3.63, 3.8) is 0 Å². The fourth-order valence-corrected chi connectivity index (χ4v) is 4.33. The van der Waals surface area contributed by atoms with Gasteiger partial charge in [0.1, 0.15) is 5.82 Å². The summed E-state index contributed by atoms with van der Waals surface area (Å²) in [6.07, 6.45) is 5.99. The average Bonchev–Trinajstić information content (AvgIpc) is 2.63. The zero-order chi connectivity index (χ0) is 18.1. The maximum absolute atomic E-state index is 14.7. The number of nitrogens with zero attached hydrogens (tertiary/aromatic N) is 1. The first-order valence-electron chi connectivity index (χ1n) is 9.20. The monoisotopic (exact) mass is 355 g/mol. The predicted octanol–water partition coefficient (Wildman–Crippen LogP) is 5.18. The van der Waals surface area contributed by atoms with E-state index in [2.05, 4.69) is 35.2 Å². The third-order valence-electron chi connectivity index (χ3n) is 5.59. The second-order valence-corrected chi connectivity index (χ2v) is 7.14. The number of ether oxygens (including phenoxy) is 1. The van der Waals surface area contributed by atoms with E-state index < -0.39 is 11.6 Å². The van der Waals surface area contributed by atoms with Crippen LogP contribution in [0.1, 0.15) is 36.8 Å². The van der Waals surface area contributed by atoms with Gasteiger partial charge in [0.2, 0.25) is 0 Å². The highest BCUT2D eigenvalue weighted by Gasteiger charge is 2.35. The molecule has 1 fully saturated rings. The Morgan fingerprint density at radius 1 is 1.08 bits per heavy atom. The molecule has 0 aliphatic carbocycles. The van der Waals surface area contributed by atoms with E-state index in [1.54, 1.807) is 0 Å². The van der Waals surface area contributed by atoms with Crippen molar-refractivity contribution in [1.82, 2.24) is 4.90 Å². The highest BCUT2D eigenvalue weighted by atomic mass is 19.1. The van der Waals surface area contributed by atoms with Gasteiger partial charge in [-0.2, -0.15) is 0 Å². The standard InChI is InChI=1S/C22H23F2NO/c1-26-20-11-10-19(23)21(22(20)24)16-12-17-8-5-9-18(13-16)25(17)14-15-6-3-2-4-7-15/h2-4,6-7,10-12,17-18H,5,8-9,13-14H2,1H3. The molecule has 2 aromatic rings. The van der Waals surface area contributed by atoms with Gasteiger partial charge in [-0.05, 0) is 42.5 Å². The fraction of sp³-hybridized carbons (Fsp3) is 0.364. The molecule has 0 saturated carbocycles. The molecule has 2 aliphatic heterocycles. The molecule has 0 aromatic heterocycles. The highest BCUT2D eigenvalue weighted by molar-refractivity contribution is 5.70. The van der Waals surface area contributed by atoms with Crippen molar-refractivity contribution in [3.8, 4) is 5.75 Å². The quantitative estimate of drug-likeness (QED) is 0.749. The van der Waals surface area contributed by atoms with Crippen LogP contribution in [0.3, 0.4) is 0 Å². The van der Waals surface area contributed by atoms with Gasteiger partial charge in [-0.25, -0.2) is 8.78 Å². The summed E-state index contributed by atoms with van der Waals surface area (Å²) < 4.78 is 34.2. The average molecular weight is 355 g/mol. The lowest BCUT2D eigenvalue weighted by Crippen LogP contribution is -2.47. The van der Waals surface area contributed by atoms with Crippen LogP contribution in [0.4, 0.5) is 8.78 Å². The summed E-state index contributed by atoms with van der Waals surface area (Å²) in [5, 5.41) is 0. The molecule has 2 aliphatic rings. The van der Waals surface area contributed by atoms with Crippen molar-refractivity contribution in [2.75, 3.05) is 7.11 Å². The molecule has 26 heavy (non-hydrogen) atoms. The van der Waals surface area contributed by atoms with E-state index in [0.717, 1.165) is 31.4 Å². The zero-order valence-electron chi connectivity index (χ0n) is 14.9. The molecule has 2 nitrogen and oxygen atoms in total. The van der Waals surface area contributed by atoms with Gasteiger partial charge in [-0.3, -0.25) is 4.90 Å². The number of methoxy groups -OCH3 is 1. The van der Waals surface area contributed by atoms with Gasteiger partial charge in [0, 0.05) is 18.6 Å². The molecule has 0 amide bonds. The largest absolute Gasteiger partial charge is 0.494 e. The normalized spacial score (nSPS) is 22.8. The van der Waals surface area contributed by atoms with Crippen LogP contribution < -0.4 is 4.74 Å². The van der Waals surface area contributed by atoms with Crippen molar-refractivity contribution < 1.29 is 13.5 Å². The van der Waals surface area contributed by atoms with Gasteiger partial charge in [0.05, 0.1) is 12.7 Å². The van der Waals surface area contributed by atoms with Crippen molar-refractivity contribution in [1.29, 1.82) is 0 Å². The minimum atomic E-state index is -0.590. The molecular formula is C22H23F2NO. The lowest BCUT2D eigenvalue weighted by molar-refractivity contribution is 0.0949. The van der Waals surface area contributed by atoms with E-state index in [1.807, 2.05) is 6.07 Å². The van der Waals surface area contributed by atoms with Crippen molar-refractivity contribution in [3.05, 3.63) is 71.3 Å². The van der Waals surface area contributed by atoms with Crippen LogP contribution in [0, 0.1) is 11.6 Å². The van der Waals surface area contributed by atoms with Crippen LogP contribution in [0.25, 0.3) is 5.57 Å². The molecule has 4 heteroatoms. The number of rotatable bonds is 4. The molecular weight excluding hydrogens is 332 g/mol. The minimum Gasteiger partial charge on any atom is -0.494 e. The smallest absolute Gasteiger partial charge is 0.175 e. The minimum absolute atomic E-state index is 0.0839. The molecule has 2 aromatic carbocycles. The molecule has 4 rings (SSSR count). The lowest BCUT2D eigenvalue weighted by atomic mass is 9.82. The molecule has 2 atom stereocenters. The van der Waals surface area contributed by atoms with E-state index in [9.17, 15) is 8.78 Å². The third-order valence-corrected chi connectivity index (χ3v) is 5.59. The number of benzene rings is 2. The summed E-state index contributed by atoms with van der Waals surface area (Å²) in [6.45, 7) is 0.878. The number of hydrogen-bond acceptors (Lipinski definition) is 2. The Kier molecular flexibility index (Phi) is 4.77. The Bertz CT molecular complexity index is 818. The maximum Gasteiger partial charge on any atom is 0.175 e. The van der Waals surface area contributed by atoms with Crippen LogP contribution >= 0.6 is 0 Å². The molecule has 2 unspecified atom stereocenters. The predicted molar refractivity (Wildman–Crippen MR) is 98.9 cm³/mol. The summed E-state index contributed by atoms with van der Waals surface area (Å²) in [7, 11) is 1.41. The van der Waals surface area contributed by atoms with Crippen molar-refractivity contribution in [2.24, 2.45) is 0 Å². The molecule has 2 bridgehead atoms. The molecule has 0 N–H and O–H groups in total. The van der Waals surface area contributed by atoms with Gasteiger partial charge in [0.15, 0.2) is 11.6 Å². The summed E-state index contributed by atoms with van der Waals surface area (Å²) in [6, 6.07) is 13.6. The zero-order valence-corrected chi connectivity index (χ0v) is 14.9. The van der Waals surface area contributed by atoms with Gasteiger partial charge >= 0.3 is 0 Å². The van der Waals surface area contributed by atoms with Gasteiger partial charge in [-0.15, -0.1) is 0 Å². The van der Waals surface area contributed by atoms with Crippen LogP contribution in [-0.4, -0.2) is 24.1 Å². The Labute approximate surface area is 153 Å². The third kappa shape index (κ3) is 3.14. The molecule has 1 saturated heterocycles. The van der Waals surface area contributed by atoms with Crippen molar-refractivity contribution in [2.45, 2.75) is 44.3 Å². The molecule has 2 heterocycles. The topological polar surface area (TPSA) is 12.5 Å². The van der Waals surface area contributed by atoms with E-state index in [0.29, 0.717) is 12.5 Å². The molecule has 0 spiro atoms. The number of halogens is 2. The summed E-state index contributed by atoms with van der Waals surface area (Å²) >= 11 is 0. The van der Waals surface area contributed by atoms with E-state index in [-0.39, 0.29) is 17.4 Å². The first-order chi connectivity index (χ1) is 12.7. The van der Waals surface area contributed by atoms with Crippen LogP contribution in [-0.2, 0) is 6.54 Å². The van der Waals surface area contributed by atoms with Crippen molar-refractivity contribution >= 4 is 5.57 Å². The Hall–Kier alpha value is -2.20. The van der Waals surface area contributed by atoms with Crippen LogP contribution in [0.5, 0.6) is 5.75 Å². The van der Waals surface area contributed by atoms with E-state index >= 15 is 0 Å².